The SMILES string of the molecule is COC(=O)c1cccc(N2CCN(C(=O)C3CCOCC3)CC2)c1. The van der Waals surface area contributed by atoms with Gasteiger partial charge in [0.25, 0.3) is 0 Å². The van der Waals surface area contributed by atoms with Crippen molar-refractivity contribution < 1.29 is 19.1 Å². The molecule has 0 radical (unpaired) electrons. The van der Waals surface area contributed by atoms with E-state index in [9.17, 15) is 9.59 Å². The van der Waals surface area contributed by atoms with Crippen LogP contribution in [-0.4, -0.2) is 63.3 Å². The maximum atomic E-state index is 12.6. The van der Waals surface area contributed by atoms with Crippen LogP contribution >= 0.6 is 0 Å². The predicted molar refractivity (Wildman–Crippen MR) is 90.1 cm³/mol. The quantitative estimate of drug-likeness (QED) is 0.786. The zero-order valence-electron chi connectivity index (χ0n) is 14.1. The van der Waals surface area contributed by atoms with Crippen LogP contribution in [0.4, 0.5) is 5.69 Å². The molecule has 0 spiro atoms. The van der Waals surface area contributed by atoms with Crippen LogP contribution in [0.1, 0.15) is 23.2 Å². The van der Waals surface area contributed by atoms with Crippen LogP contribution < -0.4 is 4.90 Å². The lowest BCUT2D eigenvalue weighted by Gasteiger charge is -2.38. The molecule has 0 aromatic heterocycles. The summed E-state index contributed by atoms with van der Waals surface area (Å²) < 4.78 is 10.1. The third-order valence-electron chi connectivity index (χ3n) is 4.79. The number of carbonyl (C=O) groups is 2. The highest BCUT2D eigenvalue weighted by molar-refractivity contribution is 5.90. The Kier molecular flexibility index (Phi) is 5.35. The fourth-order valence-electron chi connectivity index (χ4n) is 3.34. The topological polar surface area (TPSA) is 59.1 Å². The average Bonchev–Trinajstić information content (AvgIpc) is 2.67. The van der Waals surface area contributed by atoms with Gasteiger partial charge in [0.1, 0.15) is 0 Å². The molecular formula is C18H24N2O4. The van der Waals surface area contributed by atoms with E-state index in [0.717, 1.165) is 44.7 Å². The number of ether oxygens (including phenoxy) is 2. The molecule has 1 aromatic rings. The Balaban J connectivity index is 1.58. The van der Waals surface area contributed by atoms with Crippen LogP contribution in [0.15, 0.2) is 24.3 Å². The van der Waals surface area contributed by atoms with Crippen molar-refractivity contribution in [2.75, 3.05) is 51.4 Å². The fourth-order valence-corrected chi connectivity index (χ4v) is 3.34. The molecule has 130 valence electrons. The van der Waals surface area contributed by atoms with Crippen molar-refractivity contribution in [2.24, 2.45) is 5.92 Å². The molecule has 2 fully saturated rings. The first kappa shape index (κ1) is 16.8. The lowest BCUT2D eigenvalue weighted by Crippen LogP contribution is -2.51. The van der Waals surface area contributed by atoms with E-state index in [1.165, 1.54) is 7.11 Å². The minimum atomic E-state index is -0.329. The van der Waals surface area contributed by atoms with Crippen LogP contribution in [0.3, 0.4) is 0 Å². The van der Waals surface area contributed by atoms with Gasteiger partial charge in [0.05, 0.1) is 12.7 Å². The molecule has 0 N–H and O–H groups in total. The van der Waals surface area contributed by atoms with Gasteiger partial charge in [-0.15, -0.1) is 0 Å². The van der Waals surface area contributed by atoms with E-state index in [2.05, 4.69) is 4.90 Å². The number of rotatable bonds is 3. The molecule has 0 saturated carbocycles. The molecule has 1 amide bonds. The van der Waals surface area contributed by atoms with E-state index in [1.807, 2.05) is 23.1 Å². The molecule has 2 heterocycles. The van der Waals surface area contributed by atoms with Crippen LogP contribution in [0.2, 0.25) is 0 Å². The summed E-state index contributed by atoms with van der Waals surface area (Å²) in [7, 11) is 1.38. The summed E-state index contributed by atoms with van der Waals surface area (Å²) in [4.78, 5) is 28.4. The van der Waals surface area contributed by atoms with Crippen LogP contribution in [0.5, 0.6) is 0 Å². The molecule has 0 atom stereocenters. The lowest BCUT2D eigenvalue weighted by molar-refractivity contribution is -0.138. The van der Waals surface area contributed by atoms with Crippen molar-refractivity contribution in [1.82, 2.24) is 4.90 Å². The third kappa shape index (κ3) is 3.70. The molecule has 3 rings (SSSR count). The summed E-state index contributed by atoms with van der Waals surface area (Å²) in [6.45, 7) is 4.38. The molecule has 0 unspecified atom stereocenters. The van der Waals surface area contributed by atoms with Gasteiger partial charge in [0, 0.05) is 51.0 Å². The molecule has 2 saturated heterocycles. The lowest BCUT2D eigenvalue weighted by atomic mass is 9.98. The largest absolute Gasteiger partial charge is 0.465 e. The number of anilines is 1. The van der Waals surface area contributed by atoms with E-state index < -0.39 is 0 Å². The molecular weight excluding hydrogens is 308 g/mol. The van der Waals surface area contributed by atoms with Crippen molar-refractivity contribution >= 4 is 17.6 Å². The second-order valence-electron chi connectivity index (χ2n) is 6.24. The molecule has 0 aliphatic carbocycles. The molecule has 1 aromatic carbocycles. The minimum absolute atomic E-state index is 0.118. The zero-order valence-corrected chi connectivity index (χ0v) is 14.1. The number of amides is 1. The highest BCUT2D eigenvalue weighted by Gasteiger charge is 2.28. The summed E-state index contributed by atoms with van der Waals surface area (Å²) in [5.41, 5.74) is 1.55. The highest BCUT2D eigenvalue weighted by Crippen LogP contribution is 2.22. The number of hydrogen-bond donors (Lipinski definition) is 0. The Morgan fingerprint density at radius 3 is 2.50 bits per heavy atom. The second kappa shape index (κ2) is 7.66. The maximum Gasteiger partial charge on any atom is 0.337 e. The number of nitrogens with zero attached hydrogens (tertiary/aromatic N) is 2. The number of methoxy groups -OCH3 is 1. The summed E-state index contributed by atoms with van der Waals surface area (Å²) in [5, 5.41) is 0. The Bertz CT molecular complexity index is 590. The Morgan fingerprint density at radius 2 is 1.83 bits per heavy atom. The Morgan fingerprint density at radius 1 is 1.12 bits per heavy atom. The van der Waals surface area contributed by atoms with E-state index >= 15 is 0 Å². The van der Waals surface area contributed by atoms with E-state index in [4.69, 9.17) is 9.47 Å². The van der Waals surface area contributed by atoms with Gasteiger partial charge in [0.2, 0.25) is 5.91 Å². The van der Waals surface area contributed by atoms with Gasteiger partial charge in [-0.05, 0) is 31.0 Å². The minimum Gasteiger partial charge on any atom is -0.465 e. The van der Waals surface area contributed by atoms with Crippen molar-refractivity contribution in [2.45, 2.75) is 12.8 Å². The van der Waals surface area contributed by atoms with Gasteiger partial charge >= 0.3 is 5.97 Å². The maximum absolute atomic E-state index is 12.6. The standard InChI is InChI=1S/C18H24N2O4/c1-23-18(22)15-3-2-4-16(13-15)19-7-9-20(10-8-19)17(21)14-5-11-24-12-6-14/h2-4,13-14H,5-12H2,1H3. The number of carbonyl (C=O) groups excluding carboxylic acids is 2. The number of piperazine rings is 1. The first-order chi connectivity index (χ1) is 11.7. The van der Waals surface area contributed by atoms with E-state index in [1.54, 1.807) is 6.07 Å². The average molecular weight is 332 g/mol. The predicted octanol–water partition coefficient (Wildman–Crippen LogP) is 1.55. The normalized spacial score (nSPS) is 19.2. The Labute approximate surface area is 142 Å². The first-order valence-electron chi connectivity index (χ1n) is 8.49. The molecule has 6 nitrogen and oxygen atoms in total. The third-order valence-corrected chi connectivity index (χ3v) is 4.79. The van der Waals surface area contributed by atoms with Crippen molar-refractivity contribution in [3.05, 3.63) is 29.8 Å². The van der Waals surface area contributed by atoms with Crippen molar-refractivity contribution in [3.63, 3.8) is 0 Å². The first-order valence-corrected chi connectivity index (χ1v) is 8.49. The molecule has 24 heavy (non-hydrogen) atoms. The van der Waals surface area contributed by atoms with Gasteiger partial charge < -0.3 is 19.3 Å². The summed E-state index contributed by atoms with van der Waals surface area (Å²) in [6, 6.07) is 7.45. The molecule has 6 heteroatoms. The zero-order chi connectivity index (χ0) is 16.9. The van der Waals surface area contributed by atoms with Gasteiger partial charge in [-0.1, -0.05) is 6.07 Å². The Hall–Kier alpha value is -2.08. The van der Waals surface area contributed by atoms with Gasteiger partial charge in [-0.25, -0.2) is 4.79 Å². The smallest absolute Gasteiger partial charge is 0.337 e. The second-order valence-corrected chi connectivity index (χ2v) is 6.24. The van der Waals surface area contributed by atoms with Crippen molar-refractivity contribution in [3.8, 4) is 0 Å². The summed E-state index contributed by atoms with van der Waals surface area (Å²) >= 11 is 0. The van der Waals surface area contributed by atoms with Crippen LogP contribution in [0, 0.1) is 5.92 Å². The molecule has 0 bridgehead atoms. The van der Waals surface area contributed by atoms with Crippen molar-refractivity contribution in [1.29, 1.82) is 0 Å². The number of hydrogen-bond acceptors (Lipinski definition) is 5. The number of esters is 1. The summed E-state index contributed by atoms with van der Waals surface area (Å²) in [6.07, 6.45) is 1.67. The fraction of sp³-hybridized carbons (Fsp3) is 0.556. The summed E-state index contributed by atoms with van der Waals surface area (Å²) in [5.74, 6) is 0.0550. The monoisotopic (exact) mass is 332 g/mol. The van der Waals surface area contributed by atoms with Gasteiger partial charge in [-0.2, -0.15) is 0 Å². The molecule has 2 aliphatic heterocycles. The van der Waals surface area contributed by atoms with Gasteiger partial charge in [-0.3, -0.25) is 4.79 Å². The van der Waals surface area contributed by atoms with Gasteiger partial charge in [0.15, 0.2) is 0 Å². The van der Waals surface area contributed by atoms with Crippen LogP contribution in [0.25, 0.3) is 0 Å². The van der Waals surface area contributed by atoms with Crippen LogP contribution in [-0.2, 0) is 14.3 Å². The van der Waals surface area contributed by atoms with E-state index in [-0.39, 0.29) is 17.8 Å². The number of benzene rings is 1. The van der Waals surface area contributed by atoms with E-state index in [0.29, 0.717) is 18.8 Å². The highest BCUT2D eigenvalue weighted by atomic mass is 16.5. The molecule has 2 aliphatic rings.